The highest BCUT2D eigenvalue weighted by molar-refractivity contribution is 6.14. The summed E-state index contributed by atoms with van der Waals surface area (Å²) >= 11 is 0. The lowest BCUT2D eigenvalue weighted by molar-refractivity contribution is 0.669. The SMILES string of the molecule is c1ccc(-n2c3ccccc3c3ccc(-c4nc(-c5cccc6c5oc5ccccc56)nc(-c5cccc6ccc7ccccc7c56)n4)cc32)cc1. The molecule has 11 rings (SSSR count). The Morgan fingerprint density at radius 2 is 1.04 bits per heavy atom. The van der Waals surface area contributed by atoms with Gasteiger partial charge >= 0.3 is 0 Å². The molecule has 0 radical (unpaired) electrons. The van der Waals surface area contributed by atoms with Crippen molar-refractivity contribution < 1.29 is 4.42 Å². The topological polar surface area (TPSA) is 56.7 Å². The van der Waals surface area contributed by atoms with Crippen molar-refractivity contribution in [3.63, 3.8) is 0 Å². The van der Waals surface area contributed by atoms with Gasteiger partial charge in [0.1, 0.15) is 11.2 Å². The number of fused-ring (bicyclic) bond motifs is 9. The third-order valence-electron chi connectivity index (χ3n) is 10.2. The maximum absolute atomic E-state index is 6.51. The number of hydrogen-bond donors (Lipinski definition) is 0. The number of benzene rings is 8. The molecule has 0 amide bonds. The number of para-hydroxylation sites is 4. The van der Waals surface area contributed by atoms with Crippen molar-refractivity contribution in [2.45, 2.75) is 0 Å². The fourth-order valence-electron chi connectivity index (χ4n) is 7.88. The van der Waals surface area contributed by atoms with E-state index in [2.05, 4.69) is 150 Å². The van der Waals surface area contributed by atoms with E-state index in [1.54, 1.807) is 0 Å². The zero-order valence-electron chi connectivity index (χ0n) is 27.9. The molecule has 0 bridgehead atoms. The van der Waals surface area contributed by atoms with Crippen LogP contribution in [0.25, 0.3) is 105 Å². The van der Waals surface area contributed by atoms with Gasteiger partial charge in [-0.05, 0) is 52.6 Å². The molecule has 0 spiro atoms. The second-order valence-corrected chi connectivity index (χ2v) is 13.2. The van der Waals surface area contributed by atoms with E-state index in [0.29, 0.717) is 17.5 Å². The second kappa shape index (κ2) is 11.2. The number of nitrogens with zero attached hydrogens (tertiary/aromatic N) is 4. The molecular weight excluding hydrogens is 637 g/mol. The molecule has 0 aliphatic heterocycles. The van der Waals surface area contributed by atoms with Crippen LogP contribution in [0.3, 0.4) is 0 Å². The van der Waals surface area contributed by atoms with Crippen molar-refractivity contribution >= 4 is 65.3 Å². The van der Waals surface area contributed by atoms with Gasteiger partial charge in [0, 0.05) is 43.7 Å². The number of hydrogen-bond acceptors (Lipinski definition) is 4. The molecule has 52 heavy (non-hydrogen) atoms. The molecule has 0 N–H and O–H groups in total. The first-order valence-corrected chi connectivity index (χ1v) is 17.5. The van der Waals surface area contributed by atoms with Crippen LogP contribution >= 0.6 is 0 Å². The molecule has 3 heterocycles. The summed E-state index contributed by atoms with van der Waals surface area (Å²) in [6, 6.07) is 59.2. The third kappa shape index (κ3) is 4.33. The van der Waals surface area contributed by atoms with Crippen molar-refractivity contribution in [2.24, 2.45) is 0 Å². The van der Waals surface area contributed by atoms with Gasteiger partial charge in [-0.3, -0.25) is 0 Å². The van der Waals surface area contributed by atoms with Gasteiger partial charge in [0.25, 0.3) is 0 Å². The molecule has 5 heteroatoms. The van der Waals surface area contributed by atoms with Gasteiger partial charge in [0.05, 0.1) is 16.6 Å². The van der Waals surface area contributed by atoms with Crippen LogP contribution in [-0.4, -0.2) is 19.5 Å². The van der Waals surface area contributed by atoms with E-state index in [0.717, 1.165) is 71.5 Å². The lowest BCUT2D eigenvalue weighted by atomic mass is 9.97. The average Bonchev–Trinajstić information content (AvgIpc) is 3.76. The molecule has 11 aromatic rings. The molecule has 0 atom stereocenters. The monoisotopic (exact) mass is 664 g/mol. The molecule has 0 saturated heterocycles. The summed E-state index contributed by atoms with van der Waals surface area (Å²) in [5.74, 6) is 1.77. The van der Waals surface area contributed by atoms with Gasteiger partial charge in [-0.25, -0.2) is 15.0 Å². The van der Waals surface area contributed by atoms with E-state index >= 15 is 0 Å². The standard InChI is InChI=1S/C47H28N4O/c1-2-14-32(15-3-1)51-40-22-8-6-17-34(40)35-27-26-31(28-41(35)51)45-48-46(38-20-10-13-30-25-24-29-12-4-5-16-33(29)43(30)38)50-47(49-45)39-21-11-19-37-36-18-7-9-23-42(36)52-44(37)39/h1-28H. The van der Waals surface area contributed by atoms with Crippen molar-refractivity contribution in [1.82, 2.24) is 19.5 Å². The highest BCUT2D eigenvalue weighted by Gasteiger charge is 2.20. The lowest BCUT2D eigenvalue weighted by Gasteiger charge is -2.13. The summed E-state index contributed by atoms with van der Waals surface area (Å²) in [5, 5.41) is 9.04. The van der Waals surface area contributed by atoms with Crippen LogP contribution < -0.4 is 0 Å². The van der Waals surface area contributed by atoms with Crippen LogP contribution in [0.4, 0.5) is 0 Å². The second-order valence-electron chi connectivity index (χ2n) is 13.2. The first-order chi connectivity index (χ1) is 25.8. The van der Waals surface area contributed by atoms with Crippen LogP contribution in [0.2, 0.25) is 0 Å². The first-order valence-electron chi connectivity index (χ1n) is 17.5. The number of aromatic nitrogens is 4. The quantitative estimate of drug-likeness (QED) is 0.176. The minimum absolute atomic E-state index is 0.561. The Morgan fingerprint density at radius 1 is 0.404 bits per heavy atom. The fraction of sp³-hybridized carbons (Fsp3) is 0. The van der Waals surface area contributed by atoms with Crippen molar-refractivity contribution in [3.05, 3.63) is 170 Å². The van der Waals surface area contributed by atoms with Crippen molar-refractivity contribution in [3.8, 4) is 39.9 Å². The Hall–Kier alpha value is -7.11. The summed E-state index contributed by atoms with van der Waals surface area (Å²) in [6.07, 6.45) is 0. The van der Waals surface area contributed by atoms with E-state index in [4.69, 9.17) is 19.4 Å². The molecular formula is C47H28N4O. The Bertz CT molecular complexity index is 3190. The zero-order chi connectivity index (χ0) is 34.2. The third-order valence-corrected chi connectivity index (χ3v) is 10.2. The minimum Gasteiger partial charge on any atom is -0.455 e. The van der Waals surface area contributed by atoms with E-state index in [1.807, 2.05) is 24.3 Å². The number of furan rings is 1. The normalized spacial score (nSPS) is 11.8. The Morgan fingerprint density at radius 3 is 1.94 bits per heavy atom. The fourth-order valence-corrected chi connectivity index (χ4v) is 7.88. The highest BCUT2D eigenvalue weighted by Crippen LogP contribution is 2.39. The first kappa shape index (κ1) is 28.7. The zero-order valence-corrected chi connectivity index (χ0v) is 27.9. The molecule has 8 aromatic carbocycles. The van der Waals surface area contributed by atoms with Crippen LogP contribution in [0.15, 0.2) is 174 Å². The molecule has 5 nitrogen and oxygen atoms in total. The van der Waals surface area contributed by atoms with Gasteiger partial charge in [0.2, 0.25) is 0 Å². The summed E-state index contributed by atoms with van der Waals surface area (Å²) in [7, 11) is 0. The summed E-state index contributed by atoms with van der Waals surface area (Å²) in [5.41, 5.74) is 7.61. The smallest absolute Gasteiger partial charge is 0.167 e. The molecule has 0 aliphatic carbocycles. The van der Waals surface area contributed by atoms with Gasteiger partial charge < -0.3 is 8.98 Å². The predicted molar refractivity (Wildman–Crippen MR) is 213 cm³/mol. The molecule has 0 saturated carbocycles. The van der Waals surface area contributed by atoms with E-state index in [1.165, 1.54) is 16.2 Å². The molecule has 242 valence electrons. The minimum atomic E-state index is 0.561. The maximum Gasteiger partial charge on any atom is 0.167 e. The molecule has 0 fully saturated rings. The van der Waals surface area contributed by atoms with Gasteiger partial charge in [-0.1, -0.05) is 133 Å². The van der Waals surface area contributed by atoms with Crippen LogP contribution in [0.1, 0.15) is 0 Å². The molecule has 0 aliphatic rings. The lowest BCUT2D eigenvalue weighted by Crippen LogP contribution is -2.01. The summed E-state index contributed by atoms with van der Waals surface area (Å²) < 4.78 is 8.83. The van der Waals surface area contributed by atoms with Crippen LogP contribution in [0, 0.1) is 0 Å². The Balaban J connectivity index is 1.21. The molecule has 0 unspecified atom stereocenters. The average molecular weight is 665 g/mol. The summed E-state index contributed by atoms with van der Waals surface area (Å²) in [6.45, 7) is 0. The van der Waals surface area contributed by atoms with Gasteiger partial charge in [-0.15, -0.1) is 0 Å². The maximum atomic E-state index is 6.51. The summed E-state index contributed by atoms with van der Waals surface area (Å²) in [4.78, 5) is 15.8. The van der Waals surface area contributed by atoms with E-state index in [-0.39, 0.29) is 0 Å². The van der Waals surface area contributed by atoms with Crippen molar-refractivity contribution in [1.29, 1.82) is 0 Å². The van der Waals surface area contributed by atoms with E-state index in [9.17, 15) is 0 Å². The van der Waals surface area contributed by atoms with Gasteiger partial charge in [0.15, 0.2) is 17.5 Å². The Kier molecular flexibility index (Phi) is 6.18. The Labute approximate surface area is 298 Å². The predicted octanol–water partition coefficient (Wildman–Crippen LogP) is 12.2. The van der Waals surface area contributed by atoms with Crippen LogP contribution in [-0.2, 0) is 0 Å². The van der Waals surface area contributed by atoms with Gasteiger partial charge in [-0.2, -0.15) is 0 Å². The number of rotatable bonds is 4. The van der Waals surface area contributed by atoms with Crippen molar-refractivity contribution in [2.75, 3.05) is 0 Å². The van der Waals surface area contributed by atoms with E-state index < -0.39 is 0 Å². The largest absolute Gasteiger partial charge is 0.455 e. The highest BCUT2D eigenvalue weighted by atomic mass is 16.3. The van der Waals surface area contributed by atoms with Crippen LogP contribution in [0.5, 0.6) is 0 Å². The molecule has 3 aromatic heterocycles.